The number of Topliss-reactive ketones (excluding diaryl/α,β-unsaturated/α-hetero) is 1. The van der Waals surface area contributed by atoms with Crippen LogP contribution in [0.15, 0.2) is 0 Å². The van der Waals surface area contributed by atoms with Crippen molar-refractivity contribution in [3.05, 3.63) is 0 Å². The van der Waals surface area contributed by atoms with Crippen LogP contribution >= 0.6 is 0 Å². The van der Waals surface area contributed by atoms with Crippen molar-refractivity contribution in [1.82, 2.24) is 0 Å². The van der Waals surface area contributed by atoms with Crippen LogP contribution in [0, 0.1) is 11.8 Å². The highest BCUT2D eigenvalue weighted by Gasteiger charge is 2.22. The normalized spacial score (nSPS) is 9.78. The second-order valence-corrected chi connectivity index (χ2v) is 1.30. The van der Waals surface area contributed by atoms with Gasteiger partial charge in [0, 0.05) is 12.8 Å². The Bertz CT molecular complexity index is 169. The fourth-order valence-corrected chi connectivity index (χ4v) is 0.159. The predicted molar refractivity (Wildman–Crippen MR) is 24.5 cm³/mol. The molecule has 0 amide bonds. The van der Waals surface area contributed by atoms with E-state index in [0.29, 0.717) is 0 Å². The zero-order valence-electron chi connectivity index (χ0n) is 4.54. The molecule has 0 radical (unpaired) electrons. The van der Waals surface area contributed by atoms with Crippen LogP contribution in [0.25, 0.3) is 0 Å². The van der Waals surface area contributed by atoms with Crippen molar-refractivity contribution in [1.29, 1.82) is 0 Å². The minimum Gasteiger partial charge on any atom is -0.285 e. The summed E-state index contributed by atoms with van der Waals surface area (Å²) in [5, 5.41) is 0. The number of carbonyl (C=O) groups is 1. The molecule has 0 fully saturated rings. The Labute approximate surface area is 49.9 Å². The first-order valence-corrected chi connectivity index (χ1v) is 2.02. The number of rotatable bonds is 0. The van der Waals surface area contributed by atoms with Gasteiger partial charge in [-0.3, -0.25) is 4.79 Å². The number of hydrogen-bond acceptors (Lipinski definition) is 1. The number of ketones is 1. The molecule has 1 nitrogen and oxygen atoms in total. The zero-order chi connectivity index (χ0) is 7.49. The lowest BCUT2D eigenvalue weighted by atomic mass is 10.4. The van der Waals surface area contributed by atoms with E-state index < -0.39 is 12.0 Å². The summed E-state index contributed by atoms with van der Waals surface area (Å²) in [4.78, 5) is 9.82. The smallest absolute Gasteiger partial charge is 0.285 e. The van der Waals surface area contributed by atoms with Gasteiger partial charge in [-0.2, -0.15) is 13.2 Å². The van der Waals surface area contributed by atoms with Gasteiger partial charge in [0.1, 0.15) is 0 Å². The monoisotopic (exact) mass is 136 g/mol. The summed E-state index contributed by atoms with van der Waals surface area (Å²) in [6, 6.07) is 0. The second kappa shape index (κ2) is 2.53. The number of hydrogen-bond donors (Lipinski definition) is 0. The van der Waals surface area contributed by atoms with Gasteiger partial charge in [0.25, 0.3) is 0 Å². The van der Waals surface area contributed by atoms with Crippen molar-refractivity contribution < 1.29 is 18.0 Å². The molecule has 0 saturated carbocycles. The number of alkyl halides is 3. The fourth-order valence-electron chi connectivity index (χ4n) is 0.159. The summed E-state index contributed by atoms with van der Waals surface area (Å²) in [5.74, 6) is 1.41. The van der Waals surface area contributed by atoms with Crippen LogP contribution in [0.4, 0.5) is 13.2 Å². The van der Waals surface area contributed by atoms with E-state index in [1.165, 1.54) is 5.92 Å². The molecule has 0 aliphatic carbocycles. The molecule has 0 aliphatic heterocycles. The lowest BCUT2D eigenvalue weighted by Gasteiger charge is -1.89. The van der Waals surface area contributed by atoms with E-state index in [-0.39, 0.29) is 0 Å². The van der Waals surface area contributed by atoms with Crippen LogP contribution in [0.3, 0.4) is 0 Å². The zero-order valence-corrected chi connectivity index (χ0v) is 4.54. The Morgan fingerprint density at radius 2 is 1.89 bits per heavy atom. The maximum Gasteiger partial charge on any atom is 0.458 e. The van der Waals surface area contributed by atoms with Crippen LogP contribution in [0.2, 0.25) is 0 Å². The molecule has 0 atom stereocenters. The molecule has 0 saturated heterocycles. The maximum absolute atomic E-state index is 11.1. The third kappa shape index (κ3) is 7.02. The van der Waals surface area contributed by atoms with E-state index >= 15 is 0 Å². The van der Waals surface area contributed by atoms with Gasteiger partial charge in [-0.15, -0.1) is 0 Å². The molecule has 0 bridgehead atoms. The van der Waals surface area contributed by atoms with Gasteiger partial charge < -0.3 is 0 Å². The van der Waals surface area contributed by atoms with Crippen molar-refractivity contribution in [3.8, 4) is 11.8 Å². The fraction of sp³-hybridized carbons (Fsp3) is 0.400. The Morgan fingerprint density at radius 3 is 2.00 bits per heavy atom. The lowest BCUT2D eigenvalue weighted by molar-refractivity contribution is -0.112. The summed E-state index contributed by atoms with van der Waals surface area (Å²) >= 11 is 0. The summed E-state index contributed by atoms with van der Waals surface area (Å²) in [6.45, 7) is 0.971. The van der Waals surface area contributed by atoms with Gasteiger partial charge >= 0.3 is 6.18 Å². The molecule has 0 aliphatic rings. The van der Waals surface area contributed by atoms with Gasteiger partial charge in [0.2, 0.25) is 5.78 Å². The Morgan fingerprint density at radius 1 is 1.44 bits per heavy atom. The summed E-state index contributed by atoms with van der Waals surface area (Å²) in [7, 11) is 0. The highest BCUT2D eigenvalue weighted by atomic mass is 19.4. The molecule has 4 heteroatoms. The molecule has 0 aromatic carbocycles. The van der Waals surface area contributed by atoms with Crippen molar-refractivity contribution in [2.45, 2.75) is 13.1 Å². The van der Waals surface area contributed by atoms with Crippen molar-refractivity contribution in [3.63, 3.8) is 0 Å². The molecule has 0 aromatic rings. The van der Waals surface area contributed by atoms with Gasteiger partial charge in [-0.25, -0.2) is 0 Å². The summed E-state index contributed by atoms with van der Waals surface area (Å²) in [6.07, 6.45) is -4.55. The third-order valence-electron chi connectivity index (χ3n) is 0.380. The first-order chi connectivity index (χ1) is 3.92. The van der Waals surface area contributed by atoms with Crippen LogP contribution in [0.1, 0.15) is 6.92 Å². The molecule has 50 valence electrons. The Hall–Kier alpha value is -0.980. The molecule has 0 spiro atoms. The van der Waals surface area contributed by atoms with Crippen molar-refractivity contribution >= 4 is 5.78 Å². The highest BCUT2D eigenvalue weighted by Crippen LogP contribution is 2.11. The van der Waals surface area contributed by atoms with Crippen LogP contribution in [-0.2, 0) is 4.79 Å². The van der Waals surface area contributed by atoms with Crippen LogP contribution in [-0.4, -0.2) is 12.0 Å². The minimum atomic E-state index is -4.55. The molecular formula is C5H3F3O. The molecule has 0 heterocycles. The van der Waals surface area contributed by atoms with E-state index in [1.807, 2.05) is 0 Å². The van der Waals surface area contributed by atoms with Crippen LogP contribution < -0.4 is 0 Å². The molecule has 9 heavy (non-hydrogen) atoms. The maximum atomic E-state index is 11.1. The average molecular weight is 136 g/mol. The van der Waals surface area contributed by atoms with E-state index in [0.717, 1.165) is 12.8 Å². The van der Waals surface area contributed by atoms with Gasteiger partial charge in [-0.1, -0.05) is 0 Å². The van der Waals surface area contributed by atoms with Gasteiger partial charge in [-0.05, 0) is 5.92 Å². The van der Waals surface area contributed by atoms with Crippen molar-refractivity contribution in [2.75, 3.05) is 0 Å². The largest absolute Gasteiger partial charge is 0.458 e. The third-order valence-corrected chi connectivity index (χ3v) is 0.380. The lowest BCUT2D eigenvalue weighted by Crippen LogP contribution is -2.02. The van der Waals surface area contributed by atoms with E-state index in [9.17, 15) is 18.0 Å². The second-order valence-electron chi connectivity index (χ2n) is 1.30. The Kier molecular flexibility index (Phi) is 2.26. The average Bonchev–Trinajstić information content (AvgIpc) is 1.59. The summed E-state index contributed by atoms with van der Waals surface area (Å²) < 4.78 is 33.3. The Balaban J connectivity index is 4.04. The number of carbonyl (C=O) groups excluding carboxylic acids is 1. The van der Waals surface area contributed by atoms with Crippen LogP contribution in [0.5, 0.6) is 0 Å². The highest BCUT2D eigenvalue weighted by molar-refractivity contribution is 5.93. The topological polar surface area (TPSA) is 17.1 Å². The molecule has 0 unspecified atom stereocenters. The molecule has 0 rings (SSSR count). The SMILES string of the molecule is CC(=O)C#CC(F)(F)F. The quantitative estimate of drug-likeness (QED) is 0.360. The van der Waals surface area contributed by atoms with Gasteiger partial charge in [0.05, 0.1) is 0 Å². The molecule has 0 aromatic heterocycles. The predicted octanol–water partition coefficient (Wildman–Crippen LogP) is 1.14. The molecular weight excluding hydrogens is 133 g/mol. The number of halogens is 3. The first-order valence-electron chi connectivity index (χ1n) is 2.02. The van der Waals surface area contributed by atoms with E-state index in [2.05, 4.69) is 0 Å². The van der Waals surface area contributed by atoms with E-state index in [1.54, 1.807) is 0 Å². The summed E-state index contributed by atoms with van der Waals surface area (Å²) in [5.41, 5.74) is 0. The van der Waals surface area contributed by atoms with Crippen molar-refractivity contribution in [2.24, 2.45) is 0 Å². The van der Waals surface area contributed by atoms with Gasteiger partial charge in [0.15, 0.2) is 0 Å². The van der Waals surface area contributed by atoms with E-state index in [4.69, 9.17) is 0 Å². The standard InChI is InChI=1S/C5H3F3O/c1-4(9)2-3-5(6,7)8/h1H3. The molecule has 0 N–H and O–H groups in total. The minimum absolute atomic E-state index is 0.785. The first kappa shape index (κ1) is 8.02.